The van der Waals surface area contributed by atoms with Crippen LogP contribution in [0.3, 0.4) is 0 Å². The first-order chi connectivity index (χ1) is 12.7. The maximum Gasteiger partial charge on any atom is 0.573 e. The minimum Gasteiger partial charge on any atom is -0.465 e. The number of halogens is 3. The van der Waals surface area contributed by atoms with Crippen molar-refractivity contribution in [3.05, 3.63) is 46.8 Å². The third-order valence-corrected chi connectivity index (χ3v) is 3.73. The van der Waals surface area contributed by atoms with Crippen molar-refractivity contribution in [3.63, 3.8) is 0 Å². The number of benzene rings is 1. The molecule has 1 aromatic carbocycles. The Morgan fingerprint density at radius 2 is 1.96 bits per heavy atom. The number of esters is 1. The first-order valence-corrected chi connectivity index (χ1v) is 8.13. The fourth-order valence-electron chi connectivity index (χ4n) is 2.71. The number of alkyl halides is 3. The zero-order chi connectivity index (χ0) is 20.2. The Balaban J connectivity index is 2.31. The SMILES string of the molecule is CCCc1c(C(=O)Nc2cccc(OC(F)(F)F)c2)[nH]c(C)c1C(=O)OC. The van der Waals surface area contributed by atoms with Gasteiger partial charge in [-0.15, -0.1) is 13.2 Å². The van der Waals surface area contributed by atoms with Crippen LogP contribution in [0.25, 0.3) is 0 Å². The van der Waals surface area contributed by atoms with E-state index in [1.165, 1.54) is 19.2 Å². The van der Waals surface area contributed by atoms with Gasteiger partial charge in [0.15, 0.2) is 0 Å². The lowest BCUT2D eigenvalue weighted by atomic mass is 10.0. The van der Waals surface area contributed by atoms with Gasteiger partial charge >= 0.3 is 12.3 Å². The van der Waals surface area contributed by atoms with Crippen LogP contribution in [0.5, 0.6) is 5.75 Å². The van der Waals surface area contributed by atoms with Gasteiger partial charge in [-0.3, -0.25) is 4.79 Å². The van der Waals surface area contributed by atoms with Crippen molar-refractivity contribution in [2.24, 2.45) is 0 Å². The molecule has 1 aromatic heterocycles. The molecule has 146 valence electrons. The molecule has 2 N–H and O–H groups in total. The quantitative estimate of drug-likeness (QED) is 0.731. The van der Waals surface area contributed by atoms with Crippen LogP contribution in [0.1, 0.15) is 45.4 Å². The van der Waals surface area contributed by atoms with Crippen molar-refractivity contribution in [1.82, 2.24) is 4.98 Å². The molecule has 6 nitrogen and oxygen atoms in total. The molecule has 2 aromatic rings. The summed E-state index contributed by atoms with van der Waals surface area (Å²) in [6.45, 7) is 3.53. The molecule has 0 unspecified atom stereocenters. The molecule has 2 rings (SSSR count). The first-order valence-electron chi connectivity index (χ1n) is 8.13. The molecule has 27 heavy (non-hydrogen) atoms. The van der Waals surface area contributed by atoms with Crippen LogP contribution in [0.2, 0.25) is 0 Å². The number of aromatic amines is 1. The molecule has 0 fully saturated rings. The van der Waals surface area contributed by atoms with E-state index in [2.05, 4.69) is 15.0 Å². The van der Waals surface area contributed by atoms with E-state index in [-0.39, 0.29) is 11.4 Å². The molecule has 0 aliphatic carbocycles. The number of methoxy groups -OCH3 is 1. The van der Waals surface area contributed by atoms with Crippen LogP contribution in [0, 0.1) is 6.92 Å². The lowest BCUT2D eigenvalue weighted by Crippen LogP contribution is -2.18. The zero-order valence-corrected chi connectivity index (χ0v) is 15.0. The highest BCUT2D eigenvalue weighted by molar-refractivity contribution is 6.07. The Morgan fingerprint density at radius 3 is 2.56 bits per heavy atom. The fraction of sp³-hybridized carbons (Fsp3) is 0.333. The highest BCUT2D eigenvalue weighted by Gasteiger charge is 2.31. The van der Waals surface area contributed by atoms with Gasteiger partial charge in [0.05, 0.1) is 12.7 Å². The molecule has 0 aliphatic heterocycles. The summed E-state index contributed by atoms with van der Waals surface area (Å²) in [7, 11) is 1.25. The van der Waals surface area contributed by atoms with Crippen molar-refractivity contribution in [1.29, 1.82) is 0 Å². The zero-order valence-electron chi connectivity index (χ0n) is 15.0. The minimum absolute atomic E-state index is 0.121. The third-order valence-electron chi connectivity index (χ3n) is 3.73. The number of hydrogen-bond acceptors (Lipinski definition) is 4. The second kappa shape index (κ2) is 8.15. The van der Waals surface area contributed by atoms with E-state index in [0.29, 0.717) is 29.7 Å². The molecule has 0 bridgehead atoms. The molecule has 0 saturated carbocycles. The van der Waals surface area contributed by atoms with Gasteiger partial charge in [0, 0.05) is 17.4 Å². The Hall–Kier alpha value is -2.97. The number of amides is 1. The Morgan fingerprint density at radius 1 is 1.26 bits per heavy atom. The highest BCUT2D eigenvalue weighted by Crippen LogP contribution is 2.26. The molecule has 0 radical (unpaired) electrons. The number of nitrogens with one attached hydrogen (secondary N) is 2. The molecular weight excluding hydrogens is 365 g/mol. The topological polar surface area (TPSA) is 80.4 Å². The number of rotatable bonds is 6. The number of aryl methyl sites for hydroxylation is 1. The van der Waals surface area contributed by atoms with E-state index in [4.69, 9.17) is 4.74 Å². The summed E-state index contributed by atoms with van der Waals surface area (Å²) in [5.41, 5.74) is 1.55. The molecule has 0 aliphatic rings. The van der Waals surface area contributed by atoms with Crippen LogP contribution in [-0.4, -0.2) is 30.3 Å². The molecule has 0 spiro atoms. The number of carbonyl (C=O) groups is 2. The van der Waals surface area contributed by atoms with Gasteiger partial charge in [-0.2, -0.15) is 0 Å². The summed E-state index contributed by atoms with van der Waals surface area (Å²) in [6.07, 6.45) is -3.70. The van der Waals surface area contributed by atoms with Crippen LogP contribution < -0.4 is 10.1 Å². The number of H-pyrrole nitrogens is 1. The van der Waals surface area contributed by atoms with Crippen molar-refractivity contribution >= 4 is 17.6 Å². The normalized spacial score (nSPS) is 11.2. The van der Waals surface area contributed by atoms with Gasteiger partial charge < -0.3 is 19.8 Å². The summed E-state index contributed by atoms with van der Waals surface area (Å²) < 4.78 is 45.6. The van der Waals surface area contributed by atoms with E-state index in [0.717, 1.165) is 12.1 Å². The van der Waals surface area contributed by atoms with Gasteiger partial charge in [0.1, 0.15) is 11.4 Å². The Bertz CT molecular complexity index is 844. The maximum absolute atomic E-state index is 12.6. The van der Waals surface area contributed by atoms with Crippen LogP contribution in [0.4, 0.5) is 18.9 Å². The summed E-state index contributed by atoms with van der Waals surface area (Å²) >= 11 is 0. The monoisotopic (exact) mass is 384 g/mol. The first kappa shape index (κ1) is 20.3. The number of hydrogen-bond donors (Lipinski definition) is 2. The predicted octanol–water partition coefficient (Wildman–Crippen LogP) is 4.21. The van der Waals surface area contributed by atoms with E-state index in [1.54, 1.807) is 6.92 Å². The summed E-state index contributed by atoms with van der Waals surface area (Å²) in [6, 6.07) is 4.93. The van der Waals surface area contributed by atoms with Gasteiger partial charge in [0.25, 0.3) is 5.91 Å². The standard InChI is InChI=1S/C18H19F3N2O4/c1-4-6-13-14(17(25)26-3)10(2)22-15(13)16(24)23-11-7-5-8-12(9-11)27-18(19,20)21/h5,7-9,22H,4,6H2,1-3H3,(H,23,24). The van der Waals surface area contributed by atoms with Crippen molar-refractivity contribution in [2.45, 2.75) is 33.1 Å². The molecule has 1 heterocycles. The number of ether oxygens (including phenoxy) is 2. The van der Waals surface area contributed by atoms with Gasteiger partial charge in [-0.05, 0) is 31.0 Å². The van der Waals surface area contributed by atoms with Gasteiger partial charge in [-0.25, -0.2) is 4.79 Å². The molecule has 0 saturated heterocycles. The number of carbonyl (C=O) groups excluding carboxylic acids is 2. The largest absolute Gasteiger partial charge is 0.573 e. The molecule has 0 atom stereocenters. The highest BCUT2D eigenvalue weighted by atomic mass is 19.4. The number of anilines is 1. The van der Waals surface area contributed by atoms with E-state index in [1.807, 2.05) is 6.92 Å². The van der Waals surface area contributed by atoms with Crippen LogP contribution in [-0.2, 0) is 11.2 Å². The fourth-order valence-corrected chi connectivity index (χ4v) is 2.71. The average molecular weight is 384 g/mol. The predicted molar refractivity (Wildman–Crippen MR) is 91.9 cm³/mol. The van der Waals surface area contributed by atoms with Crippen molar-refractivity contribution in [2.75, 3.05) is 12.4 Å². The lowest BCUT2D eigenvalue weighted by molar-refractivity contribution is -0.274. The van der Waals surface area contributed by atoms with Gasteiger partial charge in [-0.1, -0.05) is 19.4 Å². The molecular formula is C18H19F3N2O4. The Kier molecular flexibility index (Phi) is 6.14. The van der Waals surface area contributed by atoms with Crippen LogP contribution >= 0.6 is 0 Å². The summed E-state index contributed by atoms with van der Waals surface area (Å²) in [5.74, 6) is -1.60. The smallest absolute Gasteiger partial charge is 0.465 e. The second-order valence-corrected chi connectivity index (χ2v) is 5.75. The number of aromatic nitrogens is 1. The third kappa shape index (κ3) is 5.02. The van der Waals surface area contributed by atoms with E-state index in [9.17, 15) is 22.8 Å². The minimum atomic E-state index is -4.83. The molecule has 9 heteroatoms. The van der Waals surface area contributed by atoms with E-state index >= 15 is 0 Å². The van der Waals surface area contributed by atoms with Crippen molar-refractivity contribution in [3.8, 4) is 5.75 Å². The average Bonchev–Trinajstić information content (AvgIpc) is 2.90. The maximum atomic E-state index is 12.6. The molecule has 1 amide bonds. The second-order valence-electron chi connectivity index (χ2n) is 5.75. The Labute approximate surface area is 153 Å². The summed E-state index contributed by atoms with van der Waals surface area (Å²) in [4.78, 5) is 27.5. The van der Waals surface area contributed by atoms with E-state index < -0.39 is 24.0 Å². The lowest BCUT2D eigenvalue weighted by Gasteiger charge is -2.11. The van der Waals surface area contributed by atoms with Crippen molar-refractivity contribution < 1.29 is 32.2 Å². The van der Waals surface area contributed by atoms with Crippen LogP contribution in [0.15, 0.2) is 24.3 Å². The summed E-state index contributed by atoms with van der Waals surface area (Å²) in [5, 5.41) is 2.51. The van der Waals surface area contributed by atoms with Gasteiger partial charge in [0.2, 0.25) is 0 Å².